The van der Waals surface area contributed by atoms with Crippen LogP contribution in [0, 0.1) is 11.8 Å². The molecule has 1 rings (SSSR count). The fourth-order valence-corrected chi connectivity index (χ4v) is 2.49. The fourth-order valence-electron chi connectivity index (χ4n) is 2.49. The Morgan fingerprint density at radius 1 is 1.33 bits per heavy atom. The van der Waals surface area contributed by atoms with Gasteiger partial charge in [-0.2, -0.15) is 0 Å². The molecule has 1 aromatic rings. The van der Waals surface area contributed by atoms with Crippen molar-refractivity contribution >= 4 is 29.9 Å². The average molecular weight is 452 g/mol. The molecule has 1 heterocycles. The van der Waals surface area contributed by atoms with Crippen LogP contribution < -0.4 is 10.6 Å². The van der Waals surface area contributed by atoms with Crippen LogP contribution in [0.3, 0.4) is 0 Å². The molecule has 0 spiro atoms. The normalized spacial score (nSPS) is 12.8. The van der Waals surface area contributed by atoms with Crippen molar-refractivity contribution in [3.8, 4) is 0 Å². The highest BCUT2D eigenvalue weighted by molar-refractivity contribution is 14.0. The average Bonchev–Trinajstić information content (AvgIpc) is 2.97. The minimum atomic E-state index is 0. The lowest BCUT2D eigenvalue weighted by Gasteiger charge is -2.20. The van der Waals surface area contributed by atoms with Crippen molar-refractivity contribution in [1.82, 2.24) is 15.8 Å². The van der Waals surface area contributed by atoms with E-state index in [9.17, 15) is 5.11 Å². The van der Waals surface area contributed by atoms with E-state index >= 15 is 0 Å². The van der Waals surface area contributed by atoms with Gasteiger partial charge in [0.25, 0.3) is 0 Å². The summed E-state index contributed by atoms with van der Waals surface area (Å²) in [5.74, 6) is 2.61. The first-order chi connectivity index (χ1) is 11.1. The Hall–Kier alpha value is -0.830. The van der Waals surface area contributed by atoms with Crippen molar-refractivity contribution in [1.29, 1.82) is 0 Å². The van der Waals surface area contributed by atoms with Gasteiger partial charge in [0.15, 0.2) is 11.7 Å². The minimum absolute atomic E-state index is 0. The molecule has 1 unspecified atom stereocenters. The molecule has 0 saturated carbocycles. The first-order valence-corrected chi connectivity index (χ1v) is 8.66. The van der Waals surface area contributed by atoms with E-state index in [1.807, 2.05) is 19.9 Å². The van der Waals surface area contributed by atoms with Crippen molar-refractivity contribution in [3.05, 3.63) is 17.5 Å². The zero-order valence-corrected chi connectivity index (χ0v) is 17.7. The van der Waals surface area contributed by atoms with E-state index in [1.54, 1.807) is 0 Å². The second-order valence-corrected chi connectivity index (χ2v) is 6.22. The number of hydrogen-bond acceptors (Lipinski definition) is 4. The highest BCUT2D eigenvalue weighted by atomic mass is 127. The van der Waals surface area contributed by atoms with Gasteiger partial charge < -0.3 is 20.3 Å². The number of hydrogen-bond donors (Lipinski definition) is 3. The molecule has 0 saturated heterocycles. The predicted octanol–water partition coefficient (Wildman–Crippen LogP) is 2.95. The number of rotatable bonds is 10. The SMILES string of the molecule is CCNC(=NCc1cc(CC)no1)NCC(CCO)CC(C)C.I. The zero-order valence-electron chi connectivity index (χ0n) is 15.3. The maximum Gasteiger partial charge on any atom is 0.191 e. The summed E-state index contributed by atoms with van der Waals surface area (Å²) >= 11 is 0. The molecule has 7 heteroatoms. The van der Waals surface area contributed by atoms with Gasteiger partial charge in [-0.15, -0.1) is 24.0 Å². The third-order valence-corrected chi connectivity index (χ3v) is 3.61. The van der Waals surface area contributed by atoms with Crippen LogP contribution in [0.25, 0.3) is 0 Å². The molecule has 0 amide bonds. The molecule has 1 aromatic heterocycles. The molecular weight excluding hydrogens is 419 g/mol. The molecule has 0 aromatic carbocycles. The lowest BCUT2D eigenvalue weighted by Crippen LogP contribution is -2.40. The lowest BCUT2D eigenvalue weighted by molar-refractivity contribution is 0.243. The number of aromatic nitrogens is 1. The molecule has 0 aliphatic carbocycles. The zero-order chi connectivity index (χ0) is 17.1. The maximum absolute atomic E-state index is 9.20. The smallest absolute Gasteiger partial charge is 0.191 e. The van der Waals surface area contributed by atoms with Crippen LogP contribution in [0.5, 0.6) is 0 Å². The van der Waals surface area contributed by atoms with Gasteiger partial charge in [-0.3, -0.25) is 0 Å². The summed E-state index contributed by atoms with van der Waals surface area (Å²) in [6, 6.07) is 1.94. The predicted molar refractivity (Wildman–Crippen MR) is 109 cm³/mol. The van der Waals surface area contributed by atoms with E-state index < -0.39 is 0 Å². The number of aryl methyl sites for hydroxylation is 1. The summed E-state index contributed by atoms with van der Waals surface area (Å²) in [7, 11) is 0. The number of aliphatic hydroxyl groups is 1. The van der Waals surface area contributed by atoms with Crippen LogP contribution in [0.15, 0.2) is 15.6 Å². The fraction of sp³-hybridized carbons (Fsp3) is 0.765. The highest BCUT2D eigenvalue weighted by Gasteiger charge is 2.11. The Labute approximate surface area is 162 Å². The number of nitrogens with one attached hydrogen (secondary N) is 2. The van der Waals surface area contributed by atoms with Gasteiger partial charge in [-0.05, 0) is 38.0 Å². The Balaban J connectivity index is 0.00000529. The summed E-state index contributed by atoms with van der Waals surface area (Å²) < 4.78 is 5.26. The summed E-state index contributed by atoms with van der Waals surface area (Å²) in [5.41, 5.74) is 0.952. The summed E-state index contributed by atoms with van der Waals surface area (Å²) in [5, 5.41) is 19.8. The van der Waals surface area contributed by atoms with E-state index in [-0.39, 0.29) is 30.6 Å². The van der Waals surface area contributed by atoms with Gasteiger partial charge in [-0.1, -0.05) is 25.9 Å². The standard InChI is InChI=1S/C17H32N4O2.HI/c1-5-15-10-16(23-21-15)12-20-17(18-6-2)19-11-14(7-8-22)9-13(3)4;/h10,13-14,22H,5-9,11-12H2,1-4H3,(H2,18,19,20);1H. The Morgan fingerprint density at radius 3 is 2.62 bits per heavy atom. The first kappa shape index (κ1) is 23.2. The Morgan fingerprint density at radius 2 is 2.08 bits per heavy atom. The Bertz CT molecular complexity index is 463. The van der Waals surface area contributed by atoms with E-state index in [2.05, 4.69) is 34.6 Å². The first-order valence-electron chi connectivity index (χ1n) is 8.66. The quantitative estimate of drug-likeness (QED) is 0.289. The van der Waals surface area contributed by atoms with Crippen LogP contribution in [0.4, 0.5) is 0 Å². The second kappa shape index (κ2) is 13.5. The van der Waals surface area contributed by atoms with Crippen LogP contribution in [-0.2, 0) is 13.0 Å². The highest BCUT2D eigenvalue weighted by Crippen LogP contribution is 2.14. The van der Waals surface area contributed by atoms with Crippen molar-refractivity contribution < 1.29 is 9.63 Å². The van der Waals surface area contributed by atoms with E-state index in [0.29, 0.717) is 18.4 Å². The summed E-state index contributed by atoms with van der Waals surface area (Å²) in [6.45, 7) is 10.8. The van der Waals surface area contributed by atoms with Gasteiger partial charge >= 0.3 is 0 Å². The van der Waals surface area contributed by atoms with Crippen molar-refractivity contribution in [3.63, 3.8) is 0 Å². The molecule has 0 bridgehead atoms. The van der Waals surface area contributed by atoms with Gasteiger partial charge in [0.05, 0.1) is 5.69 Å². The van der Waals surface area contributed by atoms with Crippen LogP contribution in [0.1, 0.15) is 52.0 Å². The number of halogens is 1. The molecule has 0 radical (unpaired) electrons. The van der Waals surface area contributed by atoms with E-state index in [0.717, 1.165) is 49.8 Å². The second-order valence-electron chi connectivity index (χ2n) is 6.22. The molecule has 0 aliphatic rings. The molecule has 24 heavy (non-hydrogen) atoms. The number of aliphatic hydroxyl groups excluding tert-OH is 1. The summed E-state index contributed by atoms with van der Waals surface area (Å²) in [6.07, 6.45) is 2.77. The minimum Gasteiger partial charge on any atom is -0.396 e. The van der Waals surface area contributed by atoms with Crippen molar-refractivity contribution in [2.45, 2.75) is 53.5 Å². The third kappa shape index (κ3) is 9.46. The van der Waals surface area contributed by atoms with Gasteiger partial charge in [-0.25, -0.2) is 4.99 Å². The topological polar surface area (TPSA) is 82.7 Å². The molecular formula is C17H33IN4O2. The van der Waals surface area contributed by atoms with Crippen molar-refractivity contribution in [2.24, 2.45) is 16.8 Å². The third-order valence-electron chi connectivity index (χ3n) is 3.61. The summed E-state index contributed by atoms with van der Waals surface area (Å²) in [4.78, 5) is 4.54. The number of nitrogens with zero attached hydrogens (tertiary/aromatic N) is 2. The largest absolute Gasteiger partial charge is 0.396 e. The Kier molecular flexibility index (Phi) is 13.0. The van der Waals surface area contributed by atoms with E-state index in [1.165, 1.54) is 0 Å². The van der Waals surface area contributed by atoms with Gasteiger partial charge in [0.1, 0.15) is 6.54 Å². The van der Waals surface area contributed by atoms with Crippen LogP contribution >= 0.6 is 24.0 Å². The molecule has 3 N–H and O–H groups in total. The van der Waals surface area contributed by atoms with Gasteiger partial charge in [0, 0.05) is 25.8 Å². The molecule has 6 nitrogen and oxygen atoms in total. The number of guanidine groups is 1. The van der Waals surface area contributed by atoms with E-state index in [4.69, 9.17) is 4.52 Å². The molecule has 0 aliphatic heterocycles. The lowest BCUT2D eigenvalue weighted by atomic mass is 9.94. The maximum atomic E-state index is 9.20. The van der Waals surface area contributed by atoms with Crippen LogP contribution in [-0.4, -0.2) is 35.9 Å². The van der Waals surface area contributed by atoms with Crippen LogP contribution in [0.2, 0.25) is 0 Å². The molecule has 0 fully saturated rings. The molecule has 140 valence electrons. The number of aliphatic imine (C=N–C) groups is 1. The van der Waals surface area contributed by atoms with Gasteiger partial charge in [0.2, 0.25) is 0 Å². The molecule has 1 atom stereocenters. The van der Waals surface area contributed by atoms with Crippen molar-refractivity contribution in [2.75, 3.05) is 19.7 Å². The monoisotopic (exact) mass is 452 g/mol.